The monoisotopic (exact) mass is 408 g/mol. The zero-order valence-electron chi connectivity index (χ0n) is 17.6. The number of carbonyl (C=O) groups is 2. The van der Waals surface area contributed by atoms with Gasteiger partial charge in [-0.25, -0.2) is 9.59 Å². The summed E-state index contributed by atoms with van der Waals surface area (Å²) in [6.07, 6.45) is -1.49. The van der Waals surface area contributed by atoms with E-state index in [0.29, 0.717) is 5.56 Å². The number of ether oxygens (including phenoxy) is 3. The molecule has 1 fully saturated rings. The number of non-ortho nitro benzene ring substituents is 1. The lowest BCUT2D eigenvalue weighted by Crippen LogP contribution is -2.59. The van der Waals surface area contributed by atoms with Crippen LogP contribution in [-0.2, 0) is 19.0 Å². The first-order chi connectivity index (χ1) is 13.2. The average molecular weight is 408 g/mol. The van der Waals surface area contributed by atoms with Crippen LogP contribution >= 0.6 is 0 Å². The summed E-state index contributed by atoms with van der Waals surface area (Å²) in [7, 11) is 0. The van der Waals surface area contributed by atoms with E-state index in [4.69, 9.17) is 14.2 Å². The zero-order valence-corrected chi connectivity index (χ0v) is 17.6. The minimum Gasteiger partial charge on any atom is -0.458 e. The summed E-state index contributed by atoms with van der Waals surface area (Å²) < 4.78 is 16.7. The molecule has 0 unspecified atom stereocenters. The second kappa shape index (κ2) is 7.98. The van der Waals surface area contributed by atoms with Crippen LogP contribution < -0.4 is 5.32 Å². The molecule has 1 saturated heterocycles. The molecule has 0 aliphatic carbocycles. The number of rotatable bonds is 4. The minimum atomic E-state index is -1.52. The smallest absolute Gasteiger partial charge is 0.408 e. The number of alkyl carbamates (subject to hydrolysis) is 1. The van der Waals surface area contributed by atoms with Gasteiger partial charge in [-0.05, 0) is 59.2 Å². The second-order valence-electron chi connectivity index (χ2n) is 8.95. The van der Waals surface area contributed by atoms with Crippen molar-refractivity contribution in [3.8, 4) is 0 Å². The van der Waals surface area contributed by atoms with Gasteiger partial charge in [-0.3, -0.25) is 10.1 Å². The number of benzene rings is 1. The molecule has 0 bridgehead atoms. The van der Waals surface area contributed by atoms with E-state index in [-0.39, 0.29) is 18.7 Å². The molecule has 160 valence electrons. The predicted molar refractivity (Wildman–Crippen MR) is 104 cm³/mol. The van der Waals surface area contributed by atoms with Gasteiger partial charge in [-0.15, -0.1) is 0 Å². The van der Waals surface area contributed by atoms with E-state index >= 15 is 0 Å². The topological polar surface area (TPSA) is 117 Å². The van der Waals surface area contributed by atoms with E-state index in [0.717, 1.165) is 0 Å². The van der Waals surface area contributed by atoms with E-state index in [1.807, 2.05) is 0 Å². The molecule has 9 nitrogen and oxygen atoms in total. The van der Waals surface area contributed by atoms with Crippen molar-refractivity contribution in [3.63, 3.8) is 0 Å². The Bertz CT molecular complexity index is 778. The molecule has 1 aromatic carbocycles. The Kier molecular flexibility index (Phi) is 6.22. The first-order valence-electron chi connectivity index (χ1n) is 9.34. The average Bonchev–Trinajstić information content (AvgIpc) is 2.96. The molecular weight excluding hydrogens is 380 g/mol. The van der Waals surface area contributed by atoms with Crippen LogP contribution in [0.1, 0.15) is 59.6 Å². The Balaban J connectivity index is 2.42. The molecule has 0 spiro atoms. The number of nitrogens with zero attached hydrogens (tertiary/aromatic N) is 1. The molecule has 1 N–H and O–H groups in total. The lowest BCUT2D eigenvalue weighted by molar-refractivity contribution is -0.384. The van der Waals surface area contributed by atoms with Gasteiger partial charge in [-0.2, -0.15) is 0 Å². The van der Waals surface area contributed by atoms with Gasteiger partial charge in [0.15, 0.2) is 5.54 Å². The Morgan fingerprint density at radius 2 is 1.66 bits per heavy atom. The lowest BCUT2D eigenvalue weighted by atomic mass is 9.86. The lowest BCUT2D eigenvalue weighted by Gasteiger charge is -2.35. The SMILES string of the molecule is CC(C)(C)OC(=O)N[C@]1(C(=O)OC(C)(C)C)CCO[C@H]1c1ccc([N+](=O)[O-])cc1. The van der Waals surface area contributed by atoms with Crippen molar-refractivity contribution in [2.75, 3.05) is 6.61 Å². The number of amides is 1. The van der Waals surface area contributed by atoms with E-state index < -0.39 is 39.8 Å². The highest BCUT2D eigenvalue weighted by Gasteiger charge is 2.55. The number of nitro groups is 1. The molecule has 1 aliphatic rings. The van der Waals surface area contributed by atoms with Crippen molar-refractivity contribution in [1.82, 2.24) is 5.32 Å². The Hall–Kier alpha value is -2.68. The molecule has 2 rings (SSSR count). The number of carbonyl (C=O) groups excluding carboxylic acids is 2. The van der Waals surface area contributed by atoms with Gasteiger partial charge in [0.1, 0.15) is 17.3 Å². The van der Waals surface area contributed by atoms with E-state index in [2.05, 4.69) is 5.32 Å². The van der Waals surface area contributed by atoms with Crippen molar-refractivity contribution >= 4 is 17.7 Å². The van der Waals surface area contributed by atoms with Gasteiger partial charge in [0, 0.05) is 18.6 Å². The molecule has 0 aromatic heterocycles. The van der Waals surface area contributed by atoms with Crippen molar-refractivity contribution in [3.05, 3.63) is 39.9 Å². The molecule has 1 heterocycles. The van der Waals surface area contributed by atoms with Crippen LogP contribution in [0.5, 0.6) is 0 Å². The molecule has 1 aromatic rings. The van der Waals surface area contributed by atoms with Crippen LogP contribution in [0.4, 0.5) is 10.5 Å². The van der Waals surface area contributed by atoms with E-state index in [9.17, 15) is 19.7 Å². The fraction of sp³-hybridized carbons (Fsp3) is 0.600. The highest BCUT2D eigenvalue weighted by atomic mass is 16.6. The Morgan fingerprint density at radius 3 is 2.14 bits per heavy atom. The summed E-state index contributed by atoms with van der Waals surface area (Å²) in [6, 6.07) is 5.66. The van der Waals surface area contributed by atoms with Crippen LogP contribution in [0.3, 0.4) is 0 Å². The molecule has 1 aliphatic heterocycles. The maximum absolute atomic E-state index is 13.2. The molecule has 1 amide bonds. The van der Waals surface area contributed by atoms with E-state index in [1.54, 1.807) is 41.5 Å². The third-order valence-corrected chi connectivity index (χ3v) is 4.12. The molecule has 9 heteroatoms. The van der Waals surface area contributed by atoms with Crippen molar-refractivity contribution < 1.29 is 28.7 Å². The zero-order chi connectivity index (χ0) is 22.0. The maximum Gasteiger partial charge on any atom is 0.408 e. The minimum absolute atomic E-state index is 0.0882. The van der Waals surface area contributed by atoms with Gasteiger partial charge >= 0.3 is 12.1 Å². The summed E-state index contributed by atoms with van der Waals surface area (Å²) in [5.41, 5.74) is -2.65. The largest absolute Gasteiger partial charge is 0.458 e. The van der Waals surface area contributed by atoms with Gasteiger partial charge in [0.2, 0.25) is 0 Å². The third-order valence-electron chi connectivity index (χ3n) is 4.12. The standard InChI is InChI=1S/C20H28N2O7/c1-18(2,3)28-16(23)20(21-17(24)29-19(4,5)6)11-12-27-15(20)13-7-9-14(10-8-13)22(25)26/h7-10,15H,11-12H2,1-6H3,(H,21,24)/t15-,20+/m0/s1. The number of nitrogens with one attached hydrogen (secondary N) is 1. The molecular formula is C20H28N2O7. The quantitative estimate of drug-likeness (QED) is 0.459. The van der Waals surface area contributed by atoms with Gasteiger partial charge in [-0.1, -0.05) is 0 Å². The Morgan fingerprint density at radius 1 is 1.10 bits per heavy atom. The summed E-state index contributed by atoms with van der Waals surface area (Å²) in [5, 5.41) is 13.6. The van der Waals surface area contributed by atoms with Gasteiger partial charge < -0.3 is 19.5 Å². The first-order valence-corrected chi connectivity index (χ1v) is 9.34. The van der Waals surface area contributed by atoms with Crippen LogP contribution in [0.2, 0.25) is 0 Å². The van der Waals surface area contributed by atoms with E-state index in [1.165, 1.54) is 24.3 Å². The number of hydrogen-bond donors (Lipinski definition) is 1. The molecule has 2 atom stereocenters. The number of hydrogen-bond acceptors (Lipinski definition) is 7. The normalized spacial score (nSPS) is 22.1. The van der Waals surface area contributed by atoms with Gasteiger partial charge in [0.05, 0.1) is 11.5 Å². The van der Waals surface area contributed by atoms with Crippen LogP contribution in [0.15, 0.2) is 24.3 Å². The summed E-state index contributed by atoms with van der Waals surface area (Å²) in [4.78, 5) is 36.1. The fourth-order valence-corrected chi connectivity index (χ4v) is 3.01. The number of nitro benzene ring substituents is 1. The summed E-state index contributed by atoms with van der Waals surface area (Å²) in [6.45, 7) is 10.5. The summed E-state index contributed by atoms with van der Waals surface area (Å²) >= 11 is 0. The van der Waals surface area contributed by atoms with Crippen LogP contribution in [-0.4, -0.2) is 40.3 Å². The highest BCUT2D eigenvalue weighted by molar-refractivity contribution is 5.87. The molecule has 29 heavy (non-hydrogen) atoms. The van der Waals surface area contributed by atoms with Crippen LogP contribution in [0.25, 0.3) is 0 Å². The Labute approximate surface area is 169 Å². The highest BCUT2D eigenvalue weighted by Crippen LogP contribution is 2.40. The van der Waals surface area contributed by atoms with Gasteiger partial charge in [0.25, 0.3) is 5.69 Å². The van der Waals surface area contributed by atoms with Crippen molar-refractivity contribution in [2.24, 2.45) is 0 Å². The maximum atomic E-state index is 13.2. The van der Waals surface area contributed by atoms with Crippen molar-refractivity contribution in [2.45, 2.75) is 70.8 Å². The third kappa shape index (κ3) is 5.66. The van der Waals surface area contributed by atoms with Crippen molar-refractivity contribution in [1.29, 1.82) is 0 Å². The molecule has 0 saturated carbocycles. The fourth-order valence-electron chi connectivity index (χ4n) is 3.01. The first kappa shape index (κ1) is 22.6. The number of esters is 1. The summed E-state index contributed by atoms with van der Waals surface area (Å²) in [5.74, 6) is -0.656. The van der Waals surface area contributed by atoms with Crippen LogP contribution in [0, 0.1) is 10.1 Å². The predicted octanol–water partition coefficient (Wildman–Crippen LogP) is 3.66. The molecule has 0 radical (unpaired) electrons. The second-order valence-corrected chi connectivity index (χ2v) is 8.95.